The van der Waals surface area contributed by atoms with Crippen molar-refractivity contribution in [3.63, 3.8) is 0 Å². The van der Waals surface area contributed by atoms with Crippen molar-refractivity contribution in [3.8, 4) is 0 Å². The number of carbonyl (C=O) groups excluding carboxylic acids is 1. The van der Waals surface area contributed by atoms with Crippen molar-refractivity contribution in [2.45, 2.75) is 38.5 Å². The van der Waals surface area contributed by atoms with Crippen LogP contribution in [0.3, 0.4) is 0 Å². The zero-order valence-corrected chi connectivity index (χ0v) is 9.42. The largest absolute Gasteiger partial charge is 0.350 e. The molecule has 1 aliphatic carbocycles. The van der Waals surface area contributed by atoms with Gasteiger partial charge in [0.25, 0.3) is 6.43 Å². The van der Waals surface area contributed by atoms with Gasteiger partial charge in [-0.05, 0) is 31.7 Å². The first-order chi connectivity index (χ1) is 7.63. The maximum absolute atomic E-state index is 11.9. The number of nitrogens with one attached hydrogen (secondary N) is 1. The van der Waals surface area contributed by atoms with Crippen LogP contribution >= 0.6 is 0 Å². The lowest BCUT2D eigenvalue weighted by Gasteiger charge is -2.28. The Morgan fingerprint density at radius 2 is 2.19 bits per heavy atom. The summed E-state index contributed by atoms with van der Waals surface area (Å²) in [5.74, 6) is 0.173. The van der Waals surface area contributed by atoms with Crippen molar-refractivity contribution >= 4 is 5.91 Å². The molecule has 0 bridgehead atoms. The average Bonchev–Trinajstić information content (AvgIpc) is 2.26. The lowest BCUT2D eigenvalue weighted by Crippen LogP contribution is -2.36. The molecule has 5 heteroatoms. The zero-order valence-electron chi connectivity index (χ0n) is 9.42. The summed E-state index contributed by atoms with van der Waals surface area (Å²) in [5.41, 5.74) is 5.48. The van der Waals surface area contributed by atoms with E-state index in [2.05, 4.69) is 5.32 Å². The fraction of sp³-hybridized carbons (Fsp3) is 0.909. The van der Waals surface area contributed by atoms with Gasteiger partial charge in [-0.25, -0.2) is 8.78 Å². The molecule has 1 saturated carbocycles. The molecule has 16 heavy (non-hydrogen) atoms. The lowest BCUT2D eigenvalue weighted by atomic mass is 9.79. The monoisotopic (exact) mass is 234 g/mol. The van der Waals surface area contributed by atoms with Crippen LogP contribution in [0, 0.1) is 11.8 Å². The zero-order chi connectivity index (χ0) is 12.0. The van der Waals surface area contributed by atoms with Gasteiger partial charge in [-0.2, -0.15) is 0 Å². The van der Waals surface area contributed by atoms with Crippen LogP contribution in [-0.4, -0.2) is 25.4 Å². The third-order valence-electron chi connectivity index (χ3n) is 3.16. The van der Waals surface area contributed by atoms with Crippen LogP contribution < -0.4 is 11.1 Å². The quantitative estimate of drug-likeness (QED) is 0.757. The van der Waals surface area contributed by atoms with Gasteiger partial charge in [0.1, 0.15) is 0 Å². The Kier molecular flexibility index (Phi) is 5.66. The number of rotatable bonds is 5. The molecule has 0 saturated heterocycles. The minimum absolute atomic E-state index is 0.0935. The third kappa shape index (κ3) is 4.43. The Morgan fingerprint density at radius 1 is 1.44 bits per heavy atom. The highest BCUT2D eigenvalue weighted by Gasteiger charge is 2.26. The molecular weight excluding hydrogens is 214 g/mol. The van der Waals surface area contributed by atoms with E-state index in [0.29, 0.717) is 12.5 Å². The van der Waals surface area contributed by atoms with Crippen molar-refractivity contribution in [2.24, 2.45) is 17.6 Å². The molecular formula is C11H20F2N2O. The van der Waals surface area contributed by atoms with Crippen LogP contribution in [0.15, 0.2) is 0 Å². The fourth-order valence-electron chi connectivity index (χ4n) is 2.35. The molecule has 1 amide bonds. The van der Waals surface area contributed by atoms with Crippen LogP contribution in [0.25, 0.3) is 0 Å². The molecule has 1 aliphatic rings. The minimum Gasteiger partial charge on any atom is -0.350 e. The SMILES string of the molecule is NCCC1CCCC(C(=O)NCC(F)F)C1. The molecule has 0 aromatic rings. The highest BCUT2D eigenvalue weighted by molar-refractivity contribution is 5.78. The van der Waals surface area contributed by atoms with Crippen molar-refractivity contribution in [1.29, 1.82) is 0 Å². The van der Waals surface area contributed by atoms with Crippen molar-refractivity contribution in [1.82, 2.24) is 5.32 Å². The summed E-state index contributed by atoms with van der Waals surface area (Å²) in [5, 5.41) is 2.29. The van der Waals surface area contributed by atoms with E-state index in [1.165, 1.54) is 0 Å². The first kappa shape index (κ1) is 13.4. The number of amides is 1. The molecule has 2 atom stereocenters. The van der Waals surface area contributed by atoms with Crippen LogP contribution in [0.1, 0.15) is 32.1 Å². The number of hydrogen-bond acceptors (Lipinski definition) is 2. The normalized spacial score (nSPS) is 25.8. The number of nitrogens with two attached hydrogens (primary N) is 1. The highest BCUT2D eigenvalue weighted by Crippen LogP contribution is 2.30. The predicted molar refractivity (Wildman–Crippen MR) is 58.1 cm³/mol. The fourth-order valence-corrected chi connectivity index (χ4v) is 2.35. The Bertz CT molecular complexity index is 222. The van der Waals surface area contributed by atoms with Gasteiger partial charge in [-0.15, -0.1) is 0 Å². The molecule has 0 spiro atoms. The molecule has 2 unspecified atom stereocenters. The van der Waals surface area contributed by atoms with Gasteiger partial charge < -0.3 is 11.1 Å². The van der Waals surface area contributed by atoms with E-state index < -0.39 is 13.0 Å². The second kappa shape index (κ2) is 6.78. The summed E-state index contributed by atoms with van der Waals surface area (Å²) in [6.07, 6.45) is 2.18. The van der Waals surface area contributed by atoms with Gasteiger partial charge in [0.05, 0.1) is 6.54 Å². The minimum atomic E-state index is -2.47. The molecule has 3 nitrogen and oxygen atoms in total. The van der Waals surface area contributed by atoms with Crippen molar-refractivity contribution < 1.29 is 13.6 Å². The summed E-state index contributed by atoms with van der Waals surface area (Å²) < 4.78 is 23.9. The second-order valence-electron chi connectivity index (χ2n) is 4.44. The highest BCUT2D eigenvalue weighted by atomic mass is 19.3. The molecule has 94 valence electrons. The van der Waals surface area contributed by atoms with E-state index in [1.54, 1.807) is 0 Å². The molecule has 0 aliphatic heterocycles. The maximum Gasteiger partial charge on any atom is 0.255 e. The Hall–Kier alpha value is -0.710. The average molecular weight is 234 g/mol. The smallest absolute Gasteiger partial charge is 0.255 e. The summed E-state index contributed by atoms with van der Waals surface area (Å²) in [6.45, 7) is 0.104. The van der Waals surface area contributed by atoms with E-state index in [-0.39, 0.29) is 11.8 Å². The summed E-state index contributed by atoms with van der Waals surface area (Å²) in [7, 11) is 0. The standard InChI is InChI=1S/C11H20F2N2O/c12-10(13)7-15-11(16)9-3-1-2-8(6-9)4-5-14/h8-10H,1-7,14H2,(H,15,16). The van der Waals surface area contributed by atoms with Crippen LogP contribution in [0.2, 0.25) is 0 Å². The number of halogens is 2. The van der Waals surface area contributed by atoms with Crippen LogP contribution in [0.4, 0.5) is 8.78 Å². The van der Waals surface area contributed by atoms with E-state index in [4.69, 9.17) is 5.73 Å². The lowest BCUT2D eigenvalue weighted by molar-refractivity contribution is -0.127. The molecule has 0 heterocycles. The van der Waals surface area contributed by atoms with E-state index >= 15 is 0 Å². The number of hydrogen-bond donors (Lipinski definition) is 2. The van der Waals surface area contributed by atoms with Gasteiger partial charge in [0, 0.05) is 5.92 Å². The van der Waals surface area contributed by atoms with Crippen molar-refractivity contribution in [3.05, 3.63) is 0 Å². The molecule has 0 radical (unpaired) electrons. The Balaban J connectivity index is 2.32. The molecule has 0 aromatic heterocycles. The van der Waals surface area contributed by atoms with E-state index in [0.717, 1.165) is 32.1 Å². The van der Waals surface area contributed by atoms with Crippen LogP contribution in [0.5, 0.6) is 0 Å². The summed E-state index contributed by atoms with van der Waals surface area (Å²) in [4.78, 5) is 11.6. The predicted octanol–water partition coefficient (Wildman–Crippen LogP) is 1.52. The van der Waals surface area contributed by atoms with Gasteiger partial charge in [-0.3, -0.25) is 4.79 Å². The second-order valence-corrected chi connectivity index (χ2v) is 4.44. The van der Waals surface area contributed by atoms with Crippen LogP contribution in [-0.2, 0) is 4.79 Å². The topological polar surface area (TPSA) is 55.1 Å². The summed E-state index contributed by atoms with van der Waals surface area (Å²) in [6, 6.07) is 0. The molecule has 1 fully saturated rings. The molecule has 1 rings (SSSR count). The maximum atomic E-state index is 11.9. The van der Waals surface area contributed by atoms with Gasteiger partial charge in [0.15, 0.2) is 0 Å². The van der Waals surface area contributed by atoms with Gasteiger partial charge in [-0.1, -0.05) is 12.8 Å². The first-order valence-corrected chi connectivity index (χ1v) is 5.89. The Labute approximate surface area is 94.8 Å². The third-order valence-corrected chi connectivity index (χ3v) is 3.16. The molecule has 3 N–H and O–H groups in total. The van der Waals surface area contributed by atoms with Gasteiger partial charge >= 0.3 is 0 Å². The summed E-state index contributed by atoms with van der Waals surface area (Å²) >= 11 is 0. The van der Waals surface area contributed by atoms with Gasteiger partial charge in [0.2, 0.25) is 5.91 Å². The Morgan fingerprint density at radius 3 is 2.81 bits per heavy atom. The number of alkyl halides is 2. The van der Waals surface area contributed by atoms with E-state index in [9.17, 15) is 13.6 Å². The number of carbonyl (C=O) groups is 1. The first-order valence-electron chi connectivity index (χ1n) is 5.89. The molecule has 0 aromatic carbocycles. The van der Waals surface area contributed by atoms with E-state index in [1.807, 2.05) is 0 Å². The van der Waals surface area contributed by atoms with Crippen molar-refractivity contribution in [2.75, 3.05) is 13.1 Å².